The van der Waals surface area contributed by atoms with Crippen LogP contribution in [0.15, 0.2) is 66.1 Å². The molecule has 3 unspecified atom stereocenters. The van der Waals surface area contributed by atoms with E-state index in [1.54, 1.807) is 6.92 Å². The second kappa shape index (κ2) is 20.4. The smallest absolute Gasteiger partial charge is 0.407 e. The van der Waals surface area contributed by atoms with Crippen LogP contribution in [0.5, 0.6) is 0 Å². The van der Waals surface area contributed by atoms with Crippen LogP contribution in [-0.2, 0) is 42.8 Å². The van der Waals surface area contributed by atoms with E-state index in [9.17, 15) is 29.5 Å². The van der Waals surface area contributed by atoms with Gasteiger partial charge in [0.05, 0.1) is 0 Å². The van der Waals surface area contributed by atoms with Crippen molar-refractivity contribution in [3.8, 4) is 0 Å². The van der Waals surface area contributed by atoms with Gasteiger partial charge in [0.15, 0.2) is 12.2 Å². The fraction of sp³-hybridized carbons (Fsp3) is 0.571. The van der Waals surface area contributed by atoms with Crippen molar-refractivity contribution in [3.63, 3.8) is 0 Å². The predicted octanol–water partition coefficient (Wildman–Crippen LogP) is 5.52. The van der Waals surface area contributed by atoms with Gasteiger partial charge in [-0.15, -0.1) is 0 Å². The van der Waals surface area contributed by atoms with Crippen LogP contribution in [0.25, 0.3) is 10.4 Å². The number of nitrogens with one attached hydrogen (secondary N) is 2. The zero-order valence-electron chi connectivity index (χ0n) is 30.5. The monoisotopic (exact) mass is 717 g/mol. The third-order valence-corrected chi connectivity index (χ3v) is 7.44. The number of esters is 3. The summed E-state index contributed by atoms with van der Waals surface area (Å²) in [6.45, 7) is 26.6. The quantitative estimate of drug-likeness (QED) is 0.0234. The Balaban J connectivity index is 3.10. The van der Waals surface area contributed by atoms with Crippen molar-refractivity contribution in [1.82, 2.24) is 10.6 Å². The molecule has 1 fully saturated rings. The number of amides is 2. The summed E-state index contributed by atoms with van der Waals surface area (Å²) in [7, 11) is 0. The van der Waals surface area contributed by atoms with E-state index in [-0.39, 0.29) is 55.2 Å². The lowest BCUT2D eigenvalue weighted by molar-refractivity contribution is -0.147. The van der Waals surface area contributed by atoms with Gasteiger partial charge in [0.1, 0.15) is 32.2 Å². The van der Waals surface area contributed by atoms with Gasteiger partial charge in [-0.2, -0.15) is 0 Å². The number of azide groups is 1. The number of rotatable bonds is 20. The maximum Gasteiger partial charge on any atom is 0.407 e. The van der Waals surface area contributed by atoms with E-state index in [0.717, 1.165) is 0 Å². The van der Waals surface area contributed by atoms with E-state index in [4.69, 9.17) is 28.4 Å². The molecule has 0 aromatic rings. The molecule has 282 valence electrons. The van der Waals surface area contributed by atoms with Crippen LogP contribution in [0.2, 0.25) is 0 Å². The Kier molecular flexibility index (Phi) is 17.5. The van der Waals surface area contributed by atoms with Gasteiger partial charge in [-0.1, -0.05) is 51.9 Å². The second-order valence-corrected chi connectivity index (χ2v) is 13.5. The van der Waals surface area contributed by atoms with E-state index >= 15 is 0 Å². The molecule has 1 aliphatic rings. The van der Waals surface area contributed by atoms with E-state index in [1.165, 1.54) is 20.8 Å². The molecule has 51 heavy (non-hydrogen) atoms. The number of alkyl carbamates (subject to hydrolysis) is 2. The second-order valence-electron chi connectivity index (χ2n) is 13.5. The molecule has 0 bridgehead atoms. The zero-order chi connectivity index (χ0) is 38.9. The predicted molar refractivity (Wildman–Crippen MR) is 187 cm³/mol. The standard InChI is InChI=1S/C35H51N5O11/c1-21(2)25(9)46-14-27(15-47-29(41)22(3)4)51-33(45)39-26-12-34(10,11)18-35(13-26,20-38-40-36)19-37-32(44)50-28(16-48-30(42)23(5)6)17-49-31(43)24(7)8/h26-28H,1,3,5,7,9,12-20H2,2,4,6,8,10-11H3,(H,37,44)(H,39,45). The van der Waals surface area contributed by atoms with E-state index in [2.05, 4.69) is 53.6 Å². The minimum absolute atomic E-state index is 0.0351. The first-order chi connectivity index (χ1) is 23.7. The number of carbonyl (C=O) groups excluding carboxylic acids is 5. The van der Waals surface area contributed by atoms with Crippen molar-refractivity contribution < 1.29 is 52.4 Å². The van der Waals surface area contributed by atoms with Gasteiger partial charge >= 0.3 is 30.1 Å². The lowest BCUT2D eigenvalue weighted by Crippen LogP contribution is -2.53. The van der Waals surface area contributed by atoms with Crippen molar-refractivity contribution >= 4 is 30.1 Å². The molecule has 0 aromatic carbocycles. The molecule has 2 amide bonds. The molecule has 1 rings (SSSR count). The molecule has 0 aliphatic heterocycles. The number of ether oxygens (including phenoxy) is 6. The molecule has 0 aromatic heterocycles. The number of hydrogen-bond donors (Lipinski definition) is 2. The SMILES string of the molecule is C=C(C)C(=C)OCC(COC(=O)C(=C)C)OC(=O)NC1CC(C)(C)CC(CN=[N+]=[N-])(CNC(=O)OC(COC(=O)C(=C)C)COC(=O)C(=C)C)C1. The van der Waals surface area contributed by atoms with Crippen LogP contribution in [0.1, 0.15) is 60.8 Å². The first kappa shape index (κ1) is 43.8. The summed E-state index contributed by atoms with van der Waals surface area (Å²) in [5, 5.41) is 9.32. The van der Waals surface area contributed by atoms with Gasteiger partial charge in [-0.25, -0.2) is 24.0 Å². The topological polar surface area (TPSA) is 214 Å². The Morgan fingerprint density at radius 1 is 0.745 bits per heavy atom. The van der Waals surface area contributed by atoms with Crippen LogP contribution >= 0.6 is 0 Å². The highest BCUT2D eigenvalue weighted by Gasteiger charge is 2.45. The third kappa shape index (κ3) is 16.8. The van der Waals surface area contributed by atoms with E-state index in [1.807, 2.05) is 13.8 Å². The molecule has 0 heterocycles. The van der Waals surface area contributed by atoms with Crippen LogP contribution in [-0.4, -0.2) is 87.9 Å². The van der Waals surface area contributed by atoms with Crippen LogP contribution < -0.4 is 10.6 Å². The summed E-state index contributed by atoms with van der Waals surface area (Å²) in [5.41, 5.74) is 8.87. The Bertz CT molecular complexity index is 1370. The van der Waals surface area contributed by atoms with Crippen molar-refractivity contribution in [2.24, 2.45) is 15.9 Å². The Labute approximate surface area is 298 Å². The maximum absolute atomic E-state index is 13.2. The van der Waals surface area contributed by atoms with Crippen LogP contribution in [0, 0.1) is 10.8 Å². The van der Waals surface area contributed by atoms with Crippen LogP contribution in [0.3, 0.4) is 0 Å². The average Bonchev–Trinajstić information content (AvgIpc) is 3.03. The Morgan fingerprint density at radius 3 is 1.63 bits per heavy atom. The van der Waals surface area contributed by atoms with Crippen LogP contribution in [0.4, 0.5) is 9.59 Å². The van der Waals surface area contributed by atoms with Gasteiger partial charge in [-0.05, 0) is 68.9 Å². The largest absolute Gasteiger partial charge is 0.490 e. The maximum atomic E-state index is 13.2. The average molecular weight is 718 g/mol. The molecule has 0 saturated heterocycles. The lowest BCUT2D eigenvalue weighted by Gasteiger charge is -2.48. The minimum Gasteiger partial charge on any atom is -0.490 e. The van der Waals surface area contributed by atoms with Crippen molar-refractivity contribution in [3.05, 3.63) is 71.4 Å². The minimum atomic E-state index is -1.17. The highest BCUT2D eigenvalue weighted by Crippen LogP contribution is 2.46. The highest BCUT2D eigenvalue weighted by atomic mass is 16.6. The fourth-order valence-electron chi connectivity index (χ4n) is 5.25. The van der Waals surface area contributed by atoms with Crippen molar-refractivity contribution in [2.45, 2.75) is 79.1 Å². The molecule has 2 N–H and O–H groups in total. The molecule has 1 saturated carbocycles. The molecule has 0 radical (unpaired) electrons. The summed E-state index contributed by atoms with van der Waals surface area (Å²) in [4.78, 5) is 64.9. The summed E-state index contributed by atoms with van der Waals surface area (Å²) in [6.07, 6.45) is -2.67. The van der Waals surface area contributed by atoms with Crippen molar-refractivity contribution in [1.29, 1.82) is 0 Å². The molecular formula is C35H51N5O11. The van der Waals surface area contributed by atoms with Gasteiger partial charge in [0.25, 0.3) is 0 Å². The van der Waals surface area contributed by atoms with Gasteiger partial charge in [0.2, 0.25) is 0 Å². The molecule has 0 spiro atoms. The van der Waals surface area contributed by atoms with Gasteiger partial charge < -0.3 is 39.1 Å². The van der Waals surface area contributed by atoms with E-state index in [0.29, 0.717) is 18.4 Å². The first-order valence-electron chi connectivity index (χ1n) is 16.1. The number of carbonyl (C=O) groups is 5. The summed E-state index contributed by atoms with van der Waals surface area (Å²) < 4.78 is 31.9. The molecule has 16 heteroatoms. The van der Waals surface area contributed by atoms with Gasteiger partial charge in [0, 0.05) is 40.8 Å². The molecular weight excluding hydrogens is 666 g/mol. The summed E-state index contributed by atoms with van der Waals surface area (Å²) in [5.74, 6) is -1.86. The fourth-order valence-corrected chi connectivity index (χ4v) is 5.25. The Hall–Kier alpha value is -5.24. The molecule has 16 nitrogen and oxygen atoms in total. The number of hydrogen-bond acceptors (Lipinski definition) is 12. The molecule has 1 aliphatic carbocycles. The zero-order valence-corrected chi connectivity index (χ0v) is 30.5. The van der Waals surface area contributed by atoms with E-state index < -0.39 is 72.4 Å². The number of allylic oxidation sites excluding steroid dienone is 1. The molecule has 3 atom stereocenters. The lowest BCUT2D eigenvalue weighted by atomic mass is 9.61. The normalized spacial score (nSPS) is 18.0. The first-order valence-corrected chi connectivity index (χ1v) is 16.1. The highest BCUT2D eigenvalue weighted by molar-refractivity contribution is 5.87. The third-order valence-electron chi connectivity index (χ3n) is 7.44. The Morgan fingerprint density at radius 2 is 1.20 bits per heavy atom. The summed E-state index contributed by atoms with van der Waals surface area (Å²) in [6, 6.07) is -0.506. The number of nitrogens with zero attached hydrogens (tertiary/aromatic N) is 3. The van der Waals surface area contributed by atoms with Crippen molar-refractivity contribution in [2.75, 3.05) is 39.5 Å². The van der Waals surface area contributed by atoms with Gasteiger partial charge in [-0.3, -0.25) is 0 Å². The summed E-state index contributed by atoms with van der Waals surface area (Å²) >= 11 is 0.